The summed E-state index contributed by atoms with van der Waals surface area (Å²) in [5.41, 5.74) is -0.321. The molecular formula is C7H16CaO. The molecule has 1 fully saturated rings. The second-order valence-corrected chi connectivity index (χ2v) is 3.06. The average molecular weight is 156 g/mol. The molecule has 0 spiro atoms. The van der Waals surface area contributed by atoms with Crippen LogP contribution in [-0.4, -0.2) is 48.4 Å². The Morgan fingerprint density at radius 3 is 1.78 bits per heavy atom. The van der Waals surface area contributed by atoms with E-state index in [0.29, 0.717) is 0 Å². The monoisotopic (exact) mass is 156 g/mol. The van der Waals surface area contributed by atoms with E-state index in [1.807, 2.05) is 6.92 Å². The maximum absolute atomic E-state index is 9.37. The molecule has 0 unspecified atom stereocenters. The summed E-state index contributed by atoms with van der Waals surface area (Å²) in [5.74, 6) is 0. The maximum atomic E-state index is 9.37. The molecule has 0 aromatic carbocycles. The minimum absolute atomic E-state index is 0. The quantitative estimate of drug-likeness (QED) is 0.514. The van der Waals surface area contributed by atoms with Crippen LogP contribution in [0.25, 0.3) is 0 Å². The van der Waals surface area contributed by atoms with E-state index in [9.17, 15) is 5.11 Å². The molecule has 1 nitrogen and oxygen atoms in total. The average Bonchev–Trinajstić information content (AvgIpc) is 1.65. The third-order valence-corrected chi connectivity index (χ3v) is 1.93. The van der Waals surface area contributed by atoms with E-state index in [-0.39, 0.29) is 43.3 Å². The SMILES string of the molecule is CC1(O)CCCCC1.[CaH2]. The number of hydrogen-bond donors (Lipinski definition) is 1. The van der Waals surface area contributed by atoms with Gasteiger partial charge in [0.05, 0.1) is 5.60 Å². The van der Waals surface area contributed by atoms with Crippen molar-refractivity contribution in [2.75, 3.05) is 0 Å². The van der Waals surface area contributed by atoms with Crippen LogP contribution in [0.3, 0.4) is 0 Å². The van der Waals surface area contributed by atoms with Gasteiger partial charge in [-0.05, 0) is 19.8 Å². The first kappa shape index (κ1) is 10.2. The van der Waals surface area contributed by atoms with Crippen LogP contribution in [-0.2, 0) is 0 Å². The fourth-order valence-corrected chi connectivity index (χ4v) is 1.31. The molecule has 52 valence electrons. The third-order valence-electron chi connectivity index (χ3n) is 1.93. The Bertz CT molecular complexity index is 73.0. The molecule has 0 aliphatic heterocycles. The zero-order chi connectivity index (χ0) is 6.04. The summed E-state index contributed by atoms with van der Waals surface area (Å²) < 4.78 is 0. The van der Waals surface area contributed by atoms with Crippen molar-refractivity contribution in [2.24, 2.45) is 0 Å². The van der Waals surface area contributed by atoms with E-state index in [1.54, 1.807) is 0 Å². The van der Waals surface area contributed by atoms with Crippen LogP contribution in [0.2, 0.25) is 0 Å². The molecule has 1 aliphatic rings. The van der Waals surface area contributed by atoms with Gasteiger partial charge >= 0.3 is 37.7 Å². The van der Waals surface area contributed by atoms with E-state index in [2.05, 4.69) is 0 Å². The van der Waals surface area contributed by atoms with Gasteiger partial charge in [0.25, 0.3) is 0 Å². The Labute approximate surface area is 86.8 Å². The molecular weight excluding hydrogens is 140 g/mol. The van der Waals surface area contributed by atoms with Crippen LogP contribution in [0, 0.1) is 0 Å². The zero-order valence-corrected chi connectivity index (χ0v) is 5.48. The van der Waals surface area contributed by atoms with Gasteiger partial charge in [-0.15, -0.1) is 0 Å². The first-order valence-electron chi connectivity index (χ1n) is 3.43. The molecule has 0 bridgehead atoms. The van der Waals surface area contributed by atoms with Gasteiger partial charge in [0, 0.05) is 0 Å². The molecule has 0 aromatic rings. The van der Waals surface area contributed by atoms with Gasteiger partial charge in [0.2, 0.25) is 0 Å². The first-order valence-corrected chi connectivity index (χ1v) is 3.43. The molecule has 0 saturated heterocycles. The molecule has 0 aromatic heterocycles. The predicted molar refractivity (Wildman–Crippen MR) is 42.3 cm³/mol. The van der Waals surface area contributed by atoms with Gasteiger partial charge in [0.15, 0.2) is 0 Å². The van der Waals surface area contributed by atoms with Crippen LogP contribution in [0.15, 0.2) is 0 Å². The van der Waals surface area contributed by atoms with E-state index in [0.717, 1.165) is 12.8 Å². The van der Waals surface area contributed by atoms with Crippen LogP contribution in [0.4, 0.5) is 0 Å². The molecule has 1 N–H and O–H groups in total. The Hall–Kier alpha value is 1.22. The van der Waals surface area contributed by atoms with Gasteiger partial charge in [-0.25, -0.2) is 0 Å². The second kappa shape index (κ2) is 4.17. The van der Waals surface area contributed by atoms with Crippen molar-refractivity contribution in [3.05, 3.63) is 0 Å². The van der Waals surface area contributed by atoms with Crippen molar-refractivity contribution in [3.8, 4) is 0 Å². The molecule has 2 heteroatoms. The van der Waals surface area contributed by atoms with Crippen LogP contribution in [0.1, 0.15) is 39.0 Å². The summed E-state index contributed by atoms with van der Waals surface area (Å²) in [5, 5.41) is 9.37. The van der Waals surface area contributed by atoms with E-state index < -0.39 is 0 Å². The molecule has 1 aliphatic carbocycles. The summed E-state index contributed by atoms with van der Waals surface area (Å²) in [7, 11) is 0. The van der Waals surface area contributed by atoms with Crippen molar-refractivity contribution in [1.82, 2.24) is 0 Å². The van der Waals surface area contributed by atoms with Gasteiger partial charge in [-0.2, -0.15) is 0 Å². The van der Waals surface area contributed by atoms with Crippen molar-refractivity contribution in [1.29, 1.82) is 0 Å². The van der Waals surface area contributed by atoms with E-state index in [1.165, 1.54) is 19.3 Å². The zero-order valence-electron chi connectivity index (χ0n) is 5.48. The molecule has 0 radical (unpaired) electrons. The summed E-state index contributed by atoms with van der Waals surface area (Å²) in [4.78, 5) is 0. The standard InChI is InChI=1S/C7H14O.Ca.2H/c1-7(8)5-3-2-4-6-7;;;/h8H,2-6H2,1H3;;;. The van der Waals surface area contributed by atoms with Crippen molar-refractivity contribution in [3.63, 3.8) is 0 Å². The van der Waals surface area contributed by atoms with Gasteiger partial charge in [-0.3, -0.25) is 0 Å². The van der Waals surface area contributed by atoms with E-state index >= 15 is 0 Å². The van der Waals surface area contributed by atoms with Crippen LogP contribution in [0.5, 0.6) is 0 Å². The first-order chi connectivity index (χ1) is 3.71. The second-order valence-electron chi connectivity index (χ2n) is 3.06. The number of hydrogen-bond acceptors (Lipinski definition) is 1. The predicted octanol–water partition coefficient (Wildman–Crippen LogP) is 0.785. The number of rotatable bonds is 0. The molecule has 9 heavy (non-hydrogen) atoms. The summed E-state index contributed by atoms with van der Waals surface area (Å²) in [6.45, 7) is 1.94. The Kier molecular flexibility index (Phi) is 4.74. The summed E-state index contributed by atoms with van der Waals surface area (Å²) in [6, 6.07) is 0. The minimum atomic E-state index is -0.321. The van der Waals surface area contributed by atoms with Crippen molar-refractivity contribution < 1.29 is 5.11 Å². The normalized spacial score (nSPS) is 24.7. The van der Waals surface area contributed by atoms with Crippen LogP contribution < -0.4 is 0 Å². The fraction of sp³-hybridized carbons (Fsp3) is 1.00. The van der Waals surface area contributed by atoms with E-state index in [4.69, 9.17) is 0 Å². The van der Waals surface area contributed by atoms with Crippen molar-refractivity contribution >= 4 is 37.7 Å². The Morgan fingerprint density at radius 1 is 1.11 bits per heavy atom. The van der Waals surface area contributed by atoms with Gasteiger partial charge < -0.3 is 5.11 Å². The fourth-order valence-electron chi connectivity index (χ4n) is 1.31. The molecule has 0 heterocycles. The molecule has 1 saturated carbocycles. The summed E-state index contributed by atoms with van der Waals surface area (Å²) in [6.07, 6.45) is 5.76. The molecule has 1 rings (SSSR count). The van der Waals surface area contributed by atoms with Gasteiger partial charge in [-0.1, -0.05) is 19.3 Å². The topological polar surface area (TPSA) is 20.2 Å². The Balaban J connectivity index is 0.000000640. The number of aliphatic hydroxyl groups is 1. The van der Waals surface area contributed by atoms with Crippen LogP contribution >= 0.6 is 0 Å². The molecule has 0 amide bonds. The van der Waals surface area contributed by atoms with Gasteiger partial charge in [0.1, 0.15) is 0 Å². The third kappa shape index (κ3) is 3.82. The Morgan fingerprint density at radius 2 is 1.56 bits per heavy atom. The van der Waals surface area contributed by atoms with Crippen molar-refractivity contribution in [2.45, 2.75) is 44.6 Å². The summed E-state index contributed by atoms with van der Waals surface area (Å²) >= 11 is 0. The molecule has 0 atom stereocenters.